The fourth-order valence-electron chi connectivity index (χ4n) is 1.89. The van der Waals surface area contributed by atoms with Crippen molar-refractivity contribution < 1.29 is 9.13 Å². The van der Waals surface area contributed by atoms with Gasteiger partial charge in [-0.3, -0.25) is 0 Å². The molecule has 1 aliphatic rings. The molecule has 0 unspecified atom stereocenters. The average molecular weight is 288 g/mol. The number of ether oxygens (including phenoxy) is 1. The second-order valence-electron chi connectivity index (χ2n) is 5.10. The Kier molecular flexibility index (Phi) is 3.94. The summed E-state index contributed by atoms with van der Waals surface area (Å²) >= 11 is 0. The van der Waals surface area contributed by atoms with E-state index in [0.29, 0.717) is 35.9 Å². The fourth-order valence-corrected chi connectivity index (χ4v) is 1.89. The quantitative estimate of drug-likeness (QED) is 0.818. The zero-order chi connectivity index (χ0) is 14.7. The number of hydrogen-bond donors (Lipinski definition) is 0. The van der Waals surface area contributed by atoms with Crippen LogP contribution in [0.5, 0.6) is 5.75 Å². The lowest BCUT2D eigenvalue weighted by molar-refractivity contribution is 0.345. The lowest BCUT2D eigenvalue weighted by atomic mass is 10.2. The zero-order valence-corrected chi connectivity index (χ0v) is 11.9. The van der Waals surface area contributed by atoms with Crippen LogP contribution in [0, 0.1) is 0 Å². The first-order valence-electron chi connectivity index (χ1n) is 7.11. The van der Waals surface area contributed by atoms with E-state index in [1.807, 2.05) is 31.2 Å². The Morgan fingerprint density at radius 1 is 1.38 bits per heavy atom. The van der Waals surface area contributed by atoms with Crippen LogP contribution in [0.25, 0.3) is 11.4 Å². The molecule has 0 spiro atoms. The zero-order valence-electron chi connectivity index (χ0n) is 11.9. The number of hydrogen-bond acceptors (Lipinski definition) is 4. The molecule has 0 N–H and O–H groups in total. The lowest BCUT2D eigenvalue weighted by Gasteiger charge is -2.07. The SMILES string of the molecule is CC/C(=C\F)COc1ccc(-c2nnn(C3CC3)n2)cc1. The summed E-state index contributed by atoms with van der Waals surface area (Å²) in [5.74, 6) is 1.31. The topological polar surface area (TPSA) is 52.8 Å². The molecule has 1 aliphatic carbocycles. The smallest absolute Gasteiger partial charge is 0.204 e. The third-order valence-electron chi connectivity index (χ3n) is 3.45. The number of benzene rings is 1. The van der Waals surface area contributed by atoms with Crippen molar-refractivity contribution in [2.45, 2.75) is 32.2 Å². The molecule has 1 aromatic heterocycles. The van der Waals surface area contributed by atoms with Gasteiger partial charge >= 0.3 is 0 Å². The van der Waals surface area contributed by atoms with Gasteiger partial charge in [0.25, 0.3) is 0 Å². The summed E-state index contributed by atoms with van der Waals surface area (Å²) in [7, 11) is 0. The highest BCUT2D eigenvalue weighted by molar-refractivity contribution is 5.55. The maximum atomic E-state index is 12.5. The molecule has 0 atom stereocenters. The van der Waals surface area contributed by atoms with Crippen LogP contribution in [-0.2, 0) is 0 Å². The van der Waals surface area contributed by atoms with Crippen LogP contribution in [-0.4, -0.2) is 26.8 Å². The van der Waals surface area contributed by atoms with E-state index in [0.717, 1.165) is 18.4 Å². The normalized spacial score (nSPS) is 15.2. The van der Waals surface area contributed by atoms with Crippen LogP contribution in [0.15, 0.2) is 36.2 Å². The third-order valence-corrected chi connectivity index (χ3v) is 3.45. The molecule has 0 bridgehead atoms. The highest BCUT2D eigenvalue weighted by atomic mass is 19.1. The van der Waals surface area contributed by atoms with E-state index < -0.39 is 0 Å². The van der Waals surface area contributed by atoms with Gasteiger partial charge in [0, 0.05) is 5.56 Å². The summed E-state index contributed by atoms with van der Waals surface area (Å²) in [5.41, 5.74) is 1.53. The Morgan fingerprint density at radius 3 is 2.76 bits per heavy atom. The van der Waals surface area contributed by atoms with Gasteiger partial charge in [-0.2, -0.15) is 4.80 Å². The highest BCUT2D eigenvalue weighted by Crippen LogP contribution is 2.33. The van der Waals surface area contributed by atoms with Gasteiger partial charge in [-0.05, 0) is 54.3 Å². The van der Waals surface area contributed by atoms with E-state index >= 15 is 0 Å². The van der Waals surface area contributed by atoms with Gasteiger partial charge in [0.1, 0.15) is 12.4 Å². The number of halogens is 1. The minimum Gasteiger partial charge on any atom is -0.489 e. The molecule has 2 aromatic rings. The van der Waals surface area contributed by atoms with Crippen LogP contribution < -0.4 is 4.74 Å². The standard InChI is InChI=1S/C15H17FN4O/c1-2-11(9-16)10-21-14-7-3-12(4-8-14)15-17-19-20(18-15)13-5-6-13/h3-4,7-9,13H,2,5-6,10H2,1H3/b11-9+. The molecule has 0 saturated heterocycles. The van der Waals surface area contributed by atoms with Gasteiger partial charge in [0.05, 0.1) is 12.4 Å². The van der Waals surface area contributed by atoms with Crippen molar-refractivity contribution in [3.05, 3.63) is 36.2 Å². The van der Waals surface area contributed by atoms with Crippen LogP contribution >= 0.6 is 0 Å². The minimum atomic E-state index is 0.266. The maximum absolute atomic E-state index is 12.5. The van der Waals surface area contributed by atoms with Crippen molar-refractivity contribution in [1.29, 1.82) is 0 Å². The fraction of sp³-hybridized carbons (Fsp3) is 0.400. The molecular formula is C15H17FN4O. The second-order valence-corrected chi connectivity index (χ2v) is 5.10. The largest absolute Gasteiger partial charge is 0.489 e. The molecular weight excluding hydrogens is 271 g/mol. The van der Waals surface area contributed by atoms with E-state index in [4.69, 9.17) is 4.74 Å². The summed E-state index contributed by atoms with van der Waals surface area (Å²) in [5, 5.41) is 12.5. The Labute approximate surface area is 122 Å². The van der Waals surface area contributed by atoms with Crippen molar-refractivity contribution >= 4 is 0 Å². The number of rotatable bonds is 6. The first-order valence-corrected chi connectivity index (χ1v) is 7.11. The van der Waals surface area contributed by atoms with Crippen LogP contribution in [0.4, 0.5) is 4.39 Å². The van der Waals surface area contributed by atoms with E-state index in [-0.39, 0.29) is 6.61 Å². The Hall–Kier alpha value is -2.24. The molecule has 0 radical (unpaired) electrons. The van der Waals surface area contributed by atoms with E-state index in [1.165, 1.54) is 0 Å². The Bertz CT molecular complexity index is 631. The average Bonchev–Trinajstić information content (AvgIpc) is 3.26. The molecule has 3 rings (SSSR count). The second kappa shape index (κ2) is 6.03. The predicted molar refractivity (Wildman–Crippen MR) is 76.5 cm³/mol. The molecule has 1 heterocycles. The molecule has 1 fully saturated rings. The number of tetrazole rings is 1. The van der Waals surface area contributed by atoms with Gasteiger partial charge in [-0.15, -0.1) is 10.2 Å². The lowest BCUT2D eigenvalue weighted by Crippen LogP contribution is -2.00. The summed E-state index contributed by atoms with van der Waals surface area (Å²) < 4.78 is 18.0. The summed E-state index contributed by atoms with van der Waals surface area (Å²) in [6.07, 6.45) is 3.51. The monoisotopic (exact) mass is 288 g/mol. The molecule has 21 heavy (non-hydrogen) atoms. The highest BCUT2D eigenvalue weighted by Gasteiger charge is 2.26. The summed E-state index contributed by atoms with van der Waals surface area (Å²) in [6, 6.07) is 7.86. The van der Waals surface area contributed by atoms with Crippen molar-refractivity contribution in [2.75, 3.05) is 6.61 Å². The molecule has 1 aromatic carbocycles. The van der Waals surface area contributed by atoms with Crippen LogP contribution in [0.2, 0.25) is 0 Å². The van der Waals surface area contributed by atoms with Crippen molar-refractivity contribution in [1.82, 2.24) is 20.2 Å². The van der Waals surface area contributed by atoms with E-state index in [2.05, 4.69) is 15.4 Å². The Balaban J connectivity index is 1.65. The van der Waals surface area contributed by atoms with Gasteiger partial charge < -0.3 is 4.74 Å². The third kappa shape index (κ3) is 3.26. The Morgan fingerprint density at radius 2 is 2.14 bits per heavy atom. The first kappa shape index (κ1) is 13.7. The van der Waals surface area contributed by atoms with E-state index in [9.17, 15) is 4.39 Å². The maximum Gasteiger partial charge on any atom is 0.204 e. The molecule has 0 aliphatic heterocycles. The summed E-state index contributed by atoms with van der Waals surface area (Å²) in [4.78, 5) is 1.68. The molecule has 5 nitrogen and oxygen atoms in total. The summed E-state index contributed by atoms with van der Waals surface area (Å²) in [6.45, 7) is 2.16. The van der Waals surface area contributed by atoms with Gasteiger partial charge in [-0.1, -0.05) is 6.92 Å². The van der Waals surface area contributed by atoms with Crippen molar-refractivity contribution in [2.24, 2.45) is 0 Å². The van der Waals surface area contributed by atoms with Gasteiger partial charge in [0.2, 0.25) is 5.82 Å². The predicted octanol–water partition coefficient (Wildman–Crippen LogP) is 3.32. The molecule has 1 saturated carbocycles. The minimum absolute atomic E-state index is 0.266. The number of aromatic nitrogens is 4. The van der Waals surface area contributed by atoms with Crippen molar-refractivity contribution in [3.8, 4) is 17.1 Å². The molecule has 0 amide bonds. The first-order chi connectivity index (χ1) is 10.3. The molecule has 110 valence electrons. The number of nitrogens with zero attached hydrogens (tertiary/aromatic N) is 4. The van der Waals surface area contributed by atoms with Gasteiger partial charge in [0.15, 0.2) is 0 Å². The van der Waals surface area contributed by atoms with Crippen LogP contribution in [0.1, 0.15) is 32.2 Å². The molecule has 6 heteroatoms. The van der Waals surface area contributed by atoms with E-state index in [1.54, 1.807) is 4.80 Å². The van der Waals surface area contributed by atoms with Crippen molar-refractivity contribution in [3.63, 3.8) is 0 Å². The van der Waals surface area contributed by atoms with Gasteiger partial charge in [-0.25, -0.2) is 4.39 Å². The van der Waals surface area contributed by atoms with Crippen LogP contribution in [0.3, 0.4) is 0 Å².